The lowest BCUT2D eigenvalue weighted by atomic mass is 9.94. The average molecular weight is 676 g/mol. The second kappa shape index (κ2) is 10.4. The molecule has 0 radical (unpaired) electrons. The number of nitrogens with zero attached hydrogens (tertiary/aromatic N) is 2. The van der Waals surface area contributed by atoms with E-state index in [0.717, 1.165) is 65.9 Å². The van der Waals surface area contributed by atoms with E-state index in [1.807, 2.05) is 6.07 Å². The van der Waals surface area contributed by atoms with Gasteiger partial charge in [0, 0.05) is 43.7 Å². The summed E-state index contributed by atoms with van der Waals surface area (Å²) in [5.74, 6) is 0. The molecule has 0 saturated carbocycles. The number of nitrogens with one attached hydrogen (secondary N) is 1. The molecule has 0 fully saturated rings. The first-order valence-electron chi connectivity index (χ1n) is 18.1. The Morgan fingerprint density at radius 2 is 0.774 bits per heavy atom. The number of aromatic amines is 1. The standard InChI is InChI=1S/C49H29N3O/c53-49-43-27-47-41(36-18-8-10-20-45(36)51(47)29-12-2-1-3-13-29)25-39(43)40-26-42-37-19-9-11-21-46(37)52(48(42)28-44(40)50-49)30-22-23-35-33-16-5-4-14-31(33)32-15-6-7-17-34(32)38(35)24-30/h1-28H,(H,50,53). The molecule has 0 spiro atoms. The van der Waals surface area contributed by atoms with Gasteiger partial charge in [-0.15, -0.1) is 0 Å². The molecular weight excluding hydrogens is 647 g/mol. The van der Waals surface area contributed by atoms with Gasteiger partial charge in [-0.05, 0) is 98.4 Å². The van der Waals surface area contributed by atoms with Gasteiger partial charge in [0.05, 0.1) is 27.6 Å². The number of aromatic nitrogens is 3. The summed E-state index contributed by atoms with van der Waals surface area (Å²) >= 11 is 0. The molecular formula is C49H29N3O. The van der Waals surface area contributed by atoms with Gasteiger partial charge >= 0.3 is 0 Å². The fourth-order valence-corrected chi connectivity index (χ4v) is 9.12. The molecule has 0 atom stereocenters. The molecule has 0 aliphatic rings. The molecule has 9 aromatic carbocycles. The van der Waals surface area contributed by atoms with Gasteiger partial charge in [-0.25, -0.2) is 0 Å². The van der Waals surface area contributed by atoms with E-state index >= 15 is 0 Å². The summed E-state index contributed by atoms with van der Waals surface area (Å²) in [5, 5.41) is 14.8. The number of H-pyrrole nitrogens is 1. The van der Waals surface area contributed by atoms with E-state index in [-0.39, 0.29) is 5.56 Å². The van der Waals surface area contributed by atoms with Crippen LogP contribution in [0, 0.1) is 0 Å². The SMILES string of the molecule is O=c1[nH]c2cc3c(cc2c2cc4c5ccccc5n(-c5ccccc5)c4cc12)c1ccccc1n3-c1ccc2c3ccccc3c3ccccc3c2c1. The maximum Gasteiger partial charge on any atom is 0.256 e. The quantitative estimate of drug-likeness (QED) is 0.182. The van der Waals surface area contributed by atoms with Gasteiger partial charge in [-0.3, -0.25) is 4.79 Å². The van der Waals surface area contributed by atoms with Crippen LogP contribution in [-0.4, -0.2) is 14.1 Å². The first-order valence-corrected chi connectivity index (χ1v) is 18.1. The molecule has 1 N–H and O–H groups in total. The Labute approximate surface area is 302 Å². The van der Waals surface area contributed by atoms with E-state index in [4.69, 9.17) is 0 Å². The highest BCUT2D eigenvalue weighted by atomic mass is 16.1. The average Bonchev–Trinajstić information content (AvgIpc) is 3.72. The summed E-state index contributed by atoms with van der Waals surface area (Å²) in [6, 6.07) is 60.5. The maximum absolute atomic E-state index is 14.1. The van der Waals surface area contributed by atoms with E-state index in [1.54, 1.807) is 0 Å². The van der Waals surface area contributed by atoms with Crippen molar-refractivity contribution in [2.45, 2.75) is 0 Å². The number of pyridine rings is 1. The summed E-state index contributed by atoms with van der Waals surface area (Å²) in [6.07, 6.45) is 0. The minimum Gasteiger partial charge on any atom is -0.321 e. The zero-order valence-corrected chi connectivity index (χ0v) is 28.5. The summed E-state index contributed by atoms with van der Waals surface area (Å²) < 4.78 is 4.62. The second-order valence-electron chi connectivity index (χ2n) is 14.1. The smallest absolute Gasteiger partial charge is 0.256 e. The summed E-state index contributed by atoms with van der Waals surface area (Å²) in [7, 11) is 0. The van der Waals surface area contributed by atoms with Gasteiger partial charge in [0.2, 0.25) is 0 Å². The fraction of sp³-hybridized carbons (Fsp3) is 0. The maximum atomic E-state index is 14.1. The van der Waals surface area contributed by atoms with Crippen LogP contribution in [0.4, 0.5) is 0 Å². The predicted molar refractivity (Wildman–Crippen MR) is 223 cm³/mol. The number of benzene rings is 9. The molecule has 12 aromatic rings. The lowest BCUT2D eigenvalue weighted by molar-refractivity contribution is 1.18. The zero-order chi connectivity index (χ0) is 34.8. The first-order chi connectivity index (χ1) is 26.2. The van der Waals surface area contributed by atoms with Crippen molar-refractivity contribution in [3.05, 3.63) is 180 Å². The third-order valence-electron chi connectivity index (χ3n) is 11.4. The highest BCUT2D eigenvalue weighted by Gasteiger charge is 2.19. The minimum atomic E-state index is -0.0923. The highest BCUT2D eigenvalue weighted by molar-refractivity contribution is 6.26. The van der Waals surface area contributed by atoms with Crippen molar-refractivity contribution in [1.82, 2.24) is 14.1 Å². The Morgan fingerprint density at radius 3 is 1.42 bits per heavy atom. The molecule has 4 heteroatoms. The van der Waals surface area contributed by atoms with Gasteiger partial charge < -0.3 is 14.1 Å². The van der Waals surface area contributed by atoms with E-state index in [9.17, 15) is 4.79 Å². The number of rotatable bonds is 2. The monoisotopic (exact) mass is 675 g/mol. The molecule has 246 valence electrons. The van der Waals surface area contributed by atoms with Crippen LogP contribution in [0.25, 0.3) is 109 Å². The third-order valence-corrected chi connectivity index (χ3v) is 11.4. The largest absolute Gasteiger partial charge is 0.321 e. The lowest BCUT2D eigenvalue weighted by Gasteiger charge is -2.14. The molecule has 0 aliphatic heterocycles. The van der Waals surface area contributed by atoms with E-state index in [1.165, 1.54) is 37.7 Å². The Hall–Kier alpha value is -7.17. The van der Waals surface area contributed by atoms with Crippen molar-refractivity contribution in [2.24, 2.45) is 0 Å². The zero-order valence-electron chi connectivity index (χ0n) is 28.5. The number of para-hydroxylation sites is 3. The topological polar surface area (TPSA) is 42.7 Å². The van der Waals surface area contributed by atoms with Crippen molar-refractivity contribution < 1.29 is 0 Å². The molecule has 53 heavy (non-hydrogen) atoms. The predicted octanol–water partition coefficient (Wildman–Crippen LogP) is 12.3. The van der Waals surface area contributed by atoms with Gasteiger partial charge in [-0.2, -0.15) is 0 Å². The van der Waals surface area contributed by atoms with Crippen molar-refractivity contribution in [3.8, 4) is 11.4 Å². The Bertz CT molecular complexity index is 3550. The van der Waals surface area contributed by atoms with Gasteiger partial charge in [0.15, 0.2) is 0 Å². The molecule has 0 bridgehead atoms. The highest BCUT2D eigenvalue weighted by Crippen LogP contribution is 2.41. The molecule has 0 unspecified atom stereocenters. The van der Waals surface area contributed by atoms with Crippen molar-refractivity contribution in [1.29, 1.82) is 0 Å². The number of hydrogen-bond donors (Lipinski definition) is 1. The van der Waals surface area contributed by atoms with E-state index in [2.05, 4.69) is 178 Å². The second-order valence-corrected chi connectivity index (χ2v) is 14.1. The number of fused-ring (bicyclic) bond motifs is 15. The Morgan fingerprint density at radius 1 is 0.302 bits per heavy atom. The Kier molecular flexibility index (Phi) is 5.62. The molecule has 0 aliphatic carbocycles. The van der Waals surface area contributed by atoms with Crippen molar-refractivity contribution >= 4 is 97.6 Å². The summed E-state index contributed by atoms with van der Waals surface area (Å²) in [6.45, 7) is 0. The van der Waals surface area contributed by atoms with Crippen LogP contribution in [0.3, 0.4) is 0 Å². The van der Waals surface area contributed by atoms with Crippen LogP contribution in [0.1, 0.15) is 0 Å². The summed E-state index contributed by atoms with van der Waals surface area (Å²) in [4.78, 5) is 17.4. The summed E-state index contributed by atoms with van der Waals surface area (Å²) in [5.41, 5.74) is 7.20. The normalized spacial score (nSPS) is 12.2. The van der Waals surface area contributed by atoms with E-state index in [0.29, 0.717) is 5.39 Å². The van der Waals surface area contributed by atoms with Gasteiger partial charge in [-0.1, -0.05) is 109 Å². The first kappa shape index (κ1) is 28.5. The minimum absolute atomic E-state index is 0.0923. The van der Waals surface area contributed by atoms with Crippen LogP contribution in [-0.2, 0) is 0 Å². The van der Waals surface area contributed by atoms with Gasteiger partial charge in [0.25, 0.3) is 5.56 Å². The molecule has 12 rings (SSSR count). The van der Waals surface area contributed by atoms with Crippen LogP contribution in [0.15, 0.2) is 175 Å². The third kappa shape index (κ3) is 3.87. The van der Waals surface area contributed by atoms with Gasteiger partial charge in [0.1, 0.15) is 0 Å². The molecule has 0 saturated heterocycles. The molecule has 3 aromatic heterocycles. The van der Waals surface area contributed by atoms with Crippen LogP contribution in [0.5, 0.6) is 0 Å². The van der Waals surface area contributed by atoms with Crippen molar-refractivity contribution in [2.75, 3.05) is 0 Å². The molecule has 0 amide bonds. The molecule has 3 heterocycles. The van der Waals surface area contributed by atoms with Crippen molar-refractivity contribution in [3.63, 3.8) is 0 Å². The van der Waals surface area contributed by atoms with Crippen LogP contribution < -0.4 is 5.56 Å². The van der Waals surface area contributed by atoms with Crippen LogP contribution in [0.2, 0.25) is 0 Å². The fourth-order valence-electron chi connectivity index (χ4n) is 9.12. The number of hydrogen-bond acceptors (Lipinski definition) is 1. The lowest BCUT2D eigenvalue weighted by Crippen LogP contribution is -2.07. The molecule has 4 nitrogen and oxygen atoms in total. The van der Waals surface area contributed by atoms with E-state index < -0.39 is 0 Å². The van der Waals surface area contributed by atoms with Crippen LogP contribution >= 0.6 is 0 Å². The Balaban J connectivity index is 1.17.